The van der Waals surface area contributed by atoms with Gasteiger partial charge < -0.3 is 9.47 Å². The summed E-state index contributed by atoms with van der Waals surface area (Å²) in [6, 6.07) is 7.34. The van der Waals surface area contributed by atoms with Crippen LogP contribution in [0.15, 0.2) is 24.3 Å². The smallest absolute Gasteiger partial charge is 0.163 e. The molecule has 0 fully saturated rings. The molecular weight excluding hydrogens is 264 g/mol. The Kier molecular flexibility index (Phi) is 8.76. The Morgan fingerprint density at radius 3 is 2.62 bits per heavy atom. The highest BCUT2D eigenvalue weighted by Gasteiger charge is 2.08. The van der Waals surface area contributed by atoms with E-state index in [-0.39, 0.29) is 5.78 Å². The van der Waals surface area contributed by atoms with Crippen molar-refractivity contribution in [1.29, 1.82) is 0 Å². The molecule has 0 bridgehead atoms. The van der Waals surface area contributed by atoms with Gasteiger partial charge in [-0.15, -0.1) is 0 Å². The van der Waals surface area contributed by atoms with E-state index in [0.29, 0.717) is 30.4 Å². The lowest BCUT2D eigenvalue weighted by atomic mass is 10.0. The molecule has 1 rings (SSSR count). The zero-order chi connectivity index (χ0) is 15.5. The predicted molar refractivity (Wildman–Crippen MR) is 86.1 cm³/mol. The quantitative estimate of drug-likeness (QED) is 0.445. The topological polar surface area (TPSA) is 35.5 Å². The average Bonchev–Trinajstić information content (AvgIpc) is 2.50. The van der Waals surface area contributed by atoms with Crippen LogP contribution in [0.5, 0.6) is 5.75 Å². The Bertz CT molecular complexity index is 415. The Labute approximate surface area is 128 Å². The van der Waals surface area contributed by atoms with Crippen molar-refractivity contribution in [2.24, 2.45) is 5.92 Å². The fourth-order valence-corrected chi connectivity index (χ4v) is 2.24. The fourth-order valence-electron chi connectivity index (χ4n) is 2.24. The molecule has 1 unspecified atom stereocenters. The molecule has 0 radical (unpaired) electrons. The van der Waals surface area contributed by atoms with E-state index < -0.39 is 0 Å². The Morgan fingerprint density at radius 1 is 1.19 bits per heavy atom. The van der Waals surface area contributed by atoms with E-state index >= 15 is 0 Å². The van der Waals surface area contributed by atoms with E-state index in [1.807, 2.05) is 18.2 Å². The van der Waals surface area contributed by atoms with Gasteiger partial charge in [-0.3, -0.25) is 4.79 Å². The van der Waals surface area contributed by atoms with Crippen LogP contribution in [0.4, 0.5) is 0 Å². The van der Waals surface area contributed by atoms with Crippen molar-refractivity contribution in [3.63, 3.8) is 0 Å². The van der Waals surface area contributed by atoms with Crippen molar-refractivity contribution < 1.29 is 14.3 Å². The minimum Gasteiger partial charge on any atom is -0.490 e. The first-order valence-corrected chi connectivity index (χ1v) is 7.99. The average molecular weight is 292 g/mol. The molecular formula is C18H28O3. The highest BCUT2D eigenvalue weighted by molar-refractivity contribution is 5.96. The highest BCUT2D eigenvalue weighted by Crippen LogP contribution is 2.18. The van der Waals surface area contributed by atoms with Gasteiger partial charge in [-0.25, -0.2) is 0 Å². The normalized spacial score (nSPS) is 12.1. The van der Waals surface area contributed by atoms with Crippen molar-refractivity contribution in [1.82, 2.24) is 0 Å². The van der Waals surface area contributed by atoms with Gasteiger partial charge in [0.1, 0.15) is 12.4 Å². The summed E-state index contributed by atoms with van der Waals surface area (Å²) < 4.78 is 11.3. The minimum absolute atomic E-state index is 0.0251. The lowest BCUT2D eigenvalue weighted by Gasteiger charge is -2.15. The summed E-state index contributed by atoms with van der Waals surface area (Å²) in [6.45, 7) is 7.83. The molecule has 0 aliphatic rings. The van der Waals surface area contributed by atoms with Gasteiger partial charge in [0.2, 0.25) is 0 Å². The number of para-hydroxylation sites is 1. The molecule has 1 aromatic rings. The second-order valence-corrected chi connectivity index (χ2v) is 5.39. The van der Waals surface area contributed by atoms with Gasteiger partial charge in [0.25, 0.3) is 0 Å². The van der Waals surface area contributed by atoms with Crippen LogP contribution < -0.4 is 4.74 Å². The molecule has 0 N–H and O–H groups in total. The van der Waals surface area contributed by atoms with E-state index in [1.54, 1.807) is 13.0 Å². The second-order valence-electron chi connectivity index (χ2n) is 5.39. The third kappa shape index (κ3) is 6.76. The van der Waals surface area contributed by atoms with E-state index in [0.717, 1.165) is 13.0 Å². The maximum atomic E-state index is 11.5. The van der Waals surface area contributed by atoms with Gasteiger partial charge in [-0.2, -0.15) is 0 Å². The first kappa shape index (κ1) is 17.7. The Morgan fingerprint density at radius 2 is 1.95 bits per heavy atom. The van der Waals surface area contributed by atoms with Gasteiger partial charge in [0.15, 0.2) is 5.78 Å². The van der Waals surface area contributed by atoms with Gasteiger partial charge >= 0.3 is 0 Å². The van der Waals surface area contributed by atoms with Crippen molar-refractivity contribution in [3.8, 4) is 5.75 Å². The SMILES string of the molecule is CCCCC(CC)COCCOc1ccccc1C(C)=O. The molecule has 0 aromatic heterocycles. The number of ether oxygens (including phenoxy) is 2. The number of benzene rings is 1. The maximum Gasteiger partial charge on any atom is 0.163 e. The molecule has 21 heavy (non-hydrogen) atoms. The molecule has 0 saturated heterocycles. The molecule has 3 heteroatoms. The van der Waals surface area contributed by atoms with E-state index in [4.69, 9.17) is 9.47 Å². The number of Topliss-reactive ketones (excluding diaryl/α,β-unsaturated/α-hetero) is 1. The van der Waals surface area contributed by atoms with Gasteiger partial charge in [0.05, 0.1) is 12.2 Å². The molecule has 0 aliphatic heterocycles. The third-order valence-corrected chi connectivity index (χ3v) is 3.65. The lowest BCUT2D eigenvalue weighted by molar-refractivity contribution is 0.0695. The number of ketones is 1. The summed E-state index contributed by atoms with van der Waals surface area (Å²) in [5, 5.41) is 0. The van der Waals surface area contributed by atoms with Crippen molar-refractivity contribution in [2.75, 3.05) is 19.8 Å². The largest absolute Gasteiger partial charge is 0.490 e. The molecule has 0 heterocycles. The van der Waals surface area contributed by atoms with Gasteiger partial charge in [-0.1, -0.05) is 45.2 Å². The standard InChI is InChI=1S/C18H28O3/c1-4-6-9-16(5-2)14-20-12-13-21-18-11-8-7-10-17(18)15(3)19/h7-8,10-11,16H,4-6,9,12-14H2,1-3H3. The maximum absolute atomic E-state index is 11.5. The molecule has 0 amide bonds. The minimum atomic E-state index is 0.0251. The van der Waals surface area contributed by atoms with Crippen LogP contribution in [0.1, 0.15) is 56.8 Å². The van der Waals surface area contributed by atoms with Crippen molar-refractivity contribution in [3.05, 3.63) is 29.8 Å². The first-order valence-electron chi connectivity index (χ1n) is 7.99. The Hall–Kier alpha value is -1.35. The predicted octanol–water partition coefficient (Wildman–Crippen LogP) is 4.50. The summed E-state index contributed by atoms with van der Waals surface area (Å²) in [4.78, 5) is 11.5. The Balaban J connectivity index is 2.26. The number of hydrogen-bond donors (Lipinski definition) is 0. The summed E-state index contributed by atoms with van der Waals surface area (Å²) in [5.74, 6) is 1.32. The van der Waals surface area contributed by atoms with Crippen molar-refractivity contribution >= 4 is 5.78 Å². The highest BCUT2D eigenvalue weighted by atomic mass is 16.5. The molecule has 118 valence electrons. The van der Waals surface area contributed by atoms with E-state index in [2.05, 4.69) is 13.8 Å². The number of carbonyl (C=O) groups excluding carboxylic acids is 1. The van der Waals surface area contributed by atoms with Crippen molar-refractivity contribution in [2.45, 2.75) is 46.5 Å². The summed E-state index contributed by atoms with van der Waals surface area (Å²) in [7, 11) is 0. The summed E-state index contributed by atoms with van der Waals surface area (Å²) in [6.07, 6.45) is 4.90. The lowest BCUT2D eigenvalue weighted by Crippen LogP contribution is -2.14. The number of carbonyl (C=O) groups is 1. The number of rotatable bonds is 11. The summed E-state index contributed by atoms with van der Waals surface area (Å²) >= 11 is 0. The molecule has 0 saturated carbocycles. The van der Waals surface area contributed by atoms with Crippen LogP contribution in [0.3, 0.4) is 0 Å². The zero-order valence-electron chi connectivity index (χ0n) is 13.6. The molecule has 0 aliphatic carbocycles. The number of hydrogen-bond acceptors (Lipinski definition) is 3. The fraction of sp³-hybridized carbons (Fsp3) is 0.611. The molecule has 0 spiro atoms. The van der Waals surface area contributed by atoms with Crippen LogP contribution in [0.25, 0.3) is 0 Å². The van der Waals surface area contributed by atoms with Crippen LogP contribution in [-0.4, -0.2) is 25.6 Å². The van der Waals surface area contributed by atoms with Crippen LogP contribution in [0.2, 0.25) is 0 Å². The van der Waals surface area contributed by atoms with Crippen LogP contribution >= 0.6 is 0 Å². The summed E-state index contributed by atoms with van der Waals surface area (Å²) in [5.41, 5.74) is 0.631. The van der Waals surface area contributed by atoms with Gasteiger partial charge in [0, 0.05) is 6.61 Å². The molecule has 3 nitrogen and oxygen atoms in total. The molecule has 1 aromatic carbocycles. The van der Waals surface area contributed by atoms with Crippen LogP contribution in [0, 0.1) is 5.92 Å². The van der Waals surface area contributed by atoms with E-state index in [1.165, 1.54) is 19.3 Å². The zero-order valence-corrected chi connectivity index (χ0v) is 13.6. The number of unbranched alkanes of at least 4 members (excludes halogenated alkanes) is 1. The molecule has 1 atom stereocenters. The van der Waals surface area contributed by atoms with E-state index in [9.17, 15) is 4.79 Å². The first-order chi connectivity index (χ1) is 10.2. The third-order valence-electron chi connectivity index (χ3n) is 3.65. The van der Waals surface area contributed by atoms with Crippen LogP contribution in [-0.2, 0) is 4.74 Å². The monoisotopic (exact) mass is 292 g/mol. The second kappa shape index (κ2) is 10.4. The van der Waals surface area contributed by atoms with Gasteiger partial charge in [-0.05, 0) is 31.4 Å².